The zero-order chi connectivity index (χ0) is 14.0. The van der Waals surface area contributed by atoms with Gasteiger partial charge in [0.2, 0.25) is 0 Å². The lowest BCUT2D eigenvalue weighted by Gasteiger charge is -2.10. The van der Waals surface area contributed by atoms with E-state index in [2.05, 4.69) is 24.5 Å². The lowest BCUT2D eigenvalue weighted by atomic mass is 10.1. The fourth-order valence-electron chi connectivity index (χ4n) is 2.29. The highest BCUT2D eigenvalue weighted by Gasteiger charge is 2.44. The Balaban J connectivity index is 2.08. The molecule has 5 nitrogen and oxygen atoms in total. The maximum Gasteiger partial charge on any atom is 0.273 e. The quantitative estimate of drug-likeness (QED) is 0.609. The third kappa shape index (κ3) is 3.36. The number of benzene rings is 1. The molecule has 0 heterocycles. The Morgan fingerprint density at radius 2 is 1.89 bits per heavy atom. The van der Waals surface area contributed by atoms with Crippen LogP contribution in [-0.4, -0.2) is 18.0 Å². The van der Waals surface area contributed by atoms with E-state index in [1.54, 1.807) is 12.1 Å². The van der Waals surface area contributed by atoms with Crippen LogP contribution in [0.25, 0.3) is 0 Å². The summed E-state index contributed by atoms with van der Waals surface area (Å²) in [7, 11) is 0. The van der Waals surface area contributed by atoms with Crippen LogP contribution in [0, 0.1) is 21.4 Å². The minimum Gasteiger partial charge on any atom is -0.385 e. The highest BCUT2D eigenvalue weighted by molar-refractivity contribution is 5.63. The van der Waals surface area contributed by atoms with E-state index in [4.69, 9.17) is 0 Å². The molecule has 0 radical (unpaired) electrons. The molecule has 1 atom stereocenters. The molecule has 0 aliphatic heterocycles. The van der Waals surface area contributed by atoms with Gasteiger partial charge in [-0.05, 0) is 30.7 Å². The topological polar surface area (TPSA) is 67.2 Å². The lowest BCUT2D eigenvalue weighted by Crippen LogP contribution is -2.08. The molecule has 1 aliphatic rings. The van der Waals surface area contributed by atoms with Gasteiger partial charge in [0.05, 0.1) is 4.92 Å². The van der Waals surface area contributed by atoms with Gasteiger partial charge in [0, 0.05) is 36.6 Å². The predicted octanol–water partition coefficient (Wildman–Crippen LogP) is 3.48. The molecule has 1 aliphatic carbocycles. The number of rotatable bonds is 6. The van der Waals surface area contributed by atoms with Gasteiger partial charge in [-0.3, -0.25) is 10.1 Å². The standard InChI is InChI=1S/C14H21N3O2/c1-4-15-11-5-12(7-13(6-11)17(18)19)16-9-10-8-14(10,2)3/h5-7,10,15-16H,4,8-9H2,1-3H3. The van der Waals surface area contributed by atoms with Crippen LogP contribution in [-0.2, 0) is 0 Å². The smallest absolute Gasteiger partial charge is 0.273 e. The first kappa shape index (κ1) is 13.6. The van der Waals surface area contributed by atoms with E-state index in [0.29, 0.717) is 11.3 Å². The van der Waals surface area contributed by atoms with Crippen molar-refractivity contribution >= 4 is 17.1 Å². The average molecular weight is 263 g/mol. The molecule has 104 valence electrons. The molecule has 0 bridgehead atoms. The SMILES string of the molecule is CCNc1cc(NCC2CC2(C)C)cc([N+](=O)[O-])c1. The second-order valence-corrected chi connectivity index (χ2v) is 5.83. The number of nitrogens with zero attached hydrogens (tertiary/aromatic N) is 1. The van der Waals surface area contributed by atoms with Crippen molar-refractivity contribution in [2.45, 2.75) is 27.2 Å². The molecule has 1 unspecified atom stereocenters. The van der Waals surface area contributed by atoms with E-state index in [0.717, 1.165) is 24.5 Å². The van der Waals surface area contributed by atoms with E-state index in [-0.39, 0.29) is 10.6 Å². The number of hydrogen-bond acceptors (Lipinski definition) is 4. The summed E-state index contributed by atoms with van der Waals surface area (Å²) in [5.74, 6) is 0.661. The zero-order valence-corrected chi connectivity index (χ0v) is 11.7. The summed E-state index contributed by atoms with van der Waals surface area (Å²) in [6.45, 7) is 8.09. The second-order valence-electron chi connectivity index (χ2n) is 5.83. The van der Waals surface area contributed by atoms with Gasteiger partial charge in [0.1, 0.15) is 0 Å². The van der Waals surface area contributed by atoms with Gasteiger partial charge in [-0.2, -0.15) is 0 Å². The molecule has 0 spiro atoms. The summed E-state index contributed by atoms with van der Waals surface area (Å²) in [5.41, 5.74) is 2.14. The maximum atomic E-state index is 10.9. The normalized spacial score (nSPS) is 19.8. The molecule has 1 aromatic rings. The molecule has 1 saturated carbocycles. The van der Waals surface area contributed by atoms with E-state index in [1.807, 2.05) is 13.0 Å². The molecule has 5 heteroatoms. The van der Waals surface area contributed by atoms with Crippen molar-refractivity contribution in [3.8, 4) is 0 Å². The molecule has 2 rings (SSSR count). The minimum absolute atomic E-state index is 0.121. The van der Waals surface area contributed by atoms with Gasteiger partial charge in [0.15, 0.2) is 0 Å². The van der Waals surface area contributed by atoms with Gasteiger partial charge in [-0.15, -0.1) is 0 Å². The summed E-state index contributed by atoms with van der Waals surface area (Å²) in [6.07, 6.45) is 1.22. The fourth-order valence-corrected chi connectivity index (χ4v) is 2.29. The fraction of sp³-hybridized carbons (Fsp3) is 0.571. The van der Waals surface area contributed by atoms with Crippen LogP contribution in [0.4, 0.5) is 17.1 Å². The van der Waals surface area contributed by atoms with Crippen LogP contribution in [0.1, 0.15) is 27.2 Å². The third-order valence-electron chi connectivity index (χ3n) is 3.78. The second kappa shape index (κ2) is 5.07. The van der Waals surface area contributed by atoms with Gasteiger partial charge in [-0.25, -0.2) is 0 Å². The molecular weight excluding hydrogens is 242 g/mol. The molecule has 0 amide bonds. The highest BCUT2D eigenvalue weighted by Crippen LogP contribution is 2.51. The summed E-state index contributed by atoms with van der Waals surface area (Å²) in [6, 6.07) is 5.08. The molecule has 1 fully saturated rings. The number of non-ortho nitro benzene ring substituents is 1. The van der Waals surface area contributed by atoms with Crippen LogP contribution in [0.3, 0.4) is 0 Å². The predicted molar refractivity (Wildman–Crippen MR) is 77.6 cm³/mol. The number of nitro benzene ring substituents is 1. The minimum atomic E-state index is -0.354. The van der Waals surface area contributed by atoms with Gasteiger partial charge < -0.3 is 10.6 Å². The van der Waals surface area contributed by atoms with Crippen molar-refractivity contribution < 1.29 is 4.92 Å². The van der Waals surface area contributed by atoms with Crippen LogP contribution >= 0.6 is 0 Å². The first-order valence-corrected chi connectivity index (χ1v) is 6.69. The number of anilines is 2. The Hall–Kier alpha value is -1.78. The molecule has 0 saturated heterocycles. The van der Waals surface area contributed by atoms with Crippen molar-refractivity contribution in [2.75, 3.05) is 23.7 Å². The Morgan fingerprint density at radius 3 is 2.37 bits per heavy atom. The Morgan fingerprint density at radius 1 is 1.32 bits per heavy atom. The van der Waals surface area contributed by atoms with Gasteiger partial charge >= 0.3 is 0 Å². The molecule has 0 aromatic heterocycles. The van der Waals surface area contributed by atoms with E-state index in [9.17, 15) is 10.1 Å². The van der Waals surface area contributed by atoms with Gasteiger partial charge in [-0.1, -0.05) is 13.8 Å². The molecular formula is C14H21N3O2. The number of nitro groups is 1. The Kier molecular flexibility index (Phi) is 3.64. The maximum absolute atomic E-state index is 10.9. The van der Waals surface area contributed by atoms with Crippen molar-refractivity contribution in [3.63, 3.8) is 0 Å². The zero-order valence-electron chi connectivity index (χ0n) is 11.7. The summed E-state index contributed by atoms with van der Waals surface area (Å²) in [5, 5.41) is 17.3. The van der Waals surface area contributed by atoms with Crippen LogP contribution in [0.5, 0.6) is 0 Å². The third-order valence-corrected chi connectivity index (χ3v) is 3.78. The molecule has 2 N–H and O–H groups in total. The van der Waals surface area contributed by atoms with Gasteiger partial charge in [0.25, 0.3) is 5.69 Å². The van der Waals surface area contributed by atoms with Crippen molar-refractivity contribution in [1.82, 2.24) is 0 Å². The summed E-state index contributed by atoms with van der Waals surface area (Å²) in [4.78, 5) is 10.6. The average Bonchev–Trinajstić information content (AvgIpc) is 2.95. The van der Waals surface area contributed by atoms with Crippen LogP contribution < -0.4 is 10.6 Å². The number of hydrogen-bond donors (Lipinski definition) is 2. The van der Waals surface area contributed by atoms with Crippen molar-refractivity contribution in [1.29, 1.82) is 0 Å². The van der Waals surface area contributed by atoms with E-state index in [1.165, 1.54) is 6.42 Å². The first-order valence-electron chi connectivity index (χ1n) is 6.69. The summed E-state index contributed by atoms with van der Waals surface area (Å²) < 4.78 is 0. The monoisotopic (exact) mass is 263 g/mol. The number of nitrogens with one attached hydrogen (secondary N) is 2. The van der Waals surface area contributed by atoms with Crippen LogP contribution in [0.2, 0.25) is 0 Å². The van der Waals surface area contributed by atoms with E-state index >= 15 is 0 Å². The lowest BCUT2D eigenvalue weighted by molar-refractivity contribution is -0.384. The molecule has 19 heavy (non-hydrogen) atoms. The largest absolute Gasteiger partial charge is 0.385 e. The van der Waals surface area contributed by atoms with Crippen molar-refractivity contribution in [3.05, 3.63) is 28.3 Å². The van der Waals surface area contributed by atoms with E-state index < -0.39 is 0 Å². The molecule has 1 aromatic carbocycles. The van der Waals surface area contributed by atoms with Crippen LogP contribution in [0.15, 0.2) is 18.2 Å². The highest BCUT2D eigenvalue weighted by atomic mass is 16.6. The summed E-state index contributed by atoms with van der Waals surface area (Å²) >= 11 is 0. The van der Waals surface area contributed by atoms with Crippen molar-refractivity contribution in [2.24, 2.45) is 11.3 Å². The Labute approximate surface area is 113 Å². The Bertz CT molecular complexity index is 486. The first-order chi connectivity index (χ1) is 8.92.